The third kappa shape index (κ3) is 5.58. The lowest BCUT2D eigenvalue weighted by Crippen LogP contribution is -2.14. The molecule has 0 unspecified atom stereocenters. The van der Waals surface area contributed by atoms with E-state index in [2.05, 4.69) is 27.9 Å². The molecule has 0 aliphatic heterocycles. The van der Waals surface area contributed by atoms with Crippen LogP contribution in [0.5, 0.6) is 11.5 Å². The molecule has 1 amide bonds. The Hall–Kier alpha value is -2.39. The van der Waals surface area contributed by atoms with Crippen molar-refractivity contribution in [2.24, 2.45) is 4.99 Å². The smallest absolute Gasteiger partial charge is 0.259 e. The Balaban J connectivity index is 1.68. The lowest BCUT2D eigenvalue weighted by molar-refractivity contribution is 0.102. The van der Waals surface area contributed by atoms with Crippen molar-refractivity contribution in [1.29, 1.82) is 0 Å². The highest BCUT2D eigenvalue weighted by atomic mass is 127. The number of benzene rings is 2. The summed E-state index contributed by atoms with van der Waals surface area (Å²) in [6.45, 7) is 5.04. The zero-order valence-corrected chi connectivity index (χ0v) is 21.8. The molecule has 1 aromatic heterocycles. The van der Waals surface area contributed by atoms with Gasteiger partial charge in [-0.2, -0.15) is 0 Å². The molecule has 4 rings (SSSR count). The molecule has 3 aromatic rings. The molecule has 1 aliphatic carbocycles. The number of hydrogen-bond donors (Lipinski definition) is 1. The largest absolute Gasteiger partial charge is 0.490 e. The molecule has 0 radical (unpaired) electrons. The predicted octanol–water partition coefficient (Wildman–Crippen LogP) is 7.03. The molecule has 1 aliphatic rings. The number of fused-ring (bicyclic) bond motifs is 1. The number of ether oxygens (including phenoxy) is 2. The summed E-state index contributed by atoms with van der Waals surface area (Å²) in [7, 11) is 0. The molecular weight excluding hydrogens is 547 g/mol. The Morgan fingerprint density at radius 3 is 2.64 bits per heavy atom. The Kier molecular flexibility index (Phi) is 8.03. The minimum Gasteiger partial charge on any atom is -0.490 e. The molecule has 0 fully saturated rings. The van der Waals surface area contributed by atoms with Gasteiger partial charge in [-0.15, -0.1) is 11.3 Å². The zero-order chi connectivity index (χ0) is 23.2. The second-order valence-corrected chi connectivity index (χ2v) is 9.91. The number of halogens is 1. The third-order valence-corrected chi connectivity index (χ3v) is 7.36. The van der Waals surface area contributed by atoms with Gasteiger partial charge >= 0.3 is 0 Å². The van der Waals surface area contributed by atoms with Gasteiger partial charge in [-0.1, -0.05) is 18.2 Å². The van der Waals surface area contributed by atoms with E-state index in [1.54, 1.807) is 11.3 Å². The van der Waals surface area contributed by atoms with Gasteiger partial charge in [0.1, 0.15) is 5.00 Å². The van der Waals surface area contributed by atoms with Crippen LogP contribution < -0.4 is 14.8 Å². The number of nitrogens with zero attached hydrogens (tertiary/aromatic N) is 1. The summed E-state index contributed by atoms with van der Waals surface area (Å²) in [5.41, 5.74) is 3.56. The standard InChI is InChI=1S/C26H27IN2O3S/c1-3-31-21-15-17(14-20(27)24(21)32-4-2)16-28-26-23(19-12-8-9-13-22(19)33-26)25(30)29-18-10-6-5-7-11-18/h5-7,10-11,14-16H,3-4,8-9,12-13H2,1-2H3,(H,29,30). The monoisotopic (exact) mass is 574 g/mol. The van der Waals surface area contributed by atoms with Crippen LogP contribution in [0.15, 0.2) is 47.5 Å². The van der Waals surface area contributed by atoms with Crippen molar-refractivity contribution in [1.82, 2.24) is 0 Å². The summed E-state index contributed by atoms with van der Waals surface area (Å²) in [6, 6.07) is 13.5. The summed E-state index contributed by atoms with van der Waals surface area (Å²) in [5.74, 6) is 1.37. The number of para-hydroxylation sites is 1. The average molecular weight is 574 g/mol. The Morgan fingerprint density at radius 1 is 1.12 bits per heavy atom. The summed E-state index contributed by atoms with van der Waals surface area (Å²) >= 11 is 3.89. The van der Waals surface area contributed by atoms with E-state index in [1.165, 1.54) is 4.88 Å². The number of aliphatic imine (C=N–C) groups is 1. The highest BCUT2D eigenvalue weighted by Gasteiger charge is 2.25. The van der Waals surface area contributed by atoms with Gasteiger partial charge in [0, 0.05) is 16.8 Å². The molecular formula is C26H27IN2O3S. The first-order valence-electron chi connectivity index (χ1n) is 11.2. The zero-order valence-electron chi connectivity index (χ0n) is 18.8. The summed E-state index contributed by atoms with van der Waals surface area (Å²) in [4.78, 5) is 19.3. The van der Waals surface area contributed by atoms with Crippen LogP contribution in [0.3, 0.4) is 0 Å². The van der Waals surface area contributed by atoms with Crippen LogP contribution in [0.1, 0.15) is 53.1 Å². The van der Waals surface area contributed by atoms with Crippen LogP contribution >= 0.6 is 33.9 Å². The van der Waals surface area contributed by atoms with Gasteiger partial charge < -0.3 is 14.8 Å². The predicted molar refractivity (Wildman–Crippen MR) is 144 cm³/mol. The molecule has 2 aromatic carbocycles. The molecule has 7 heteroatoms. The van der Waals surface area contributed by atoms with E-state index in [-0.39, 0.29) is 5.91 Å². The SMILES string of the molecule is CCOc1cc(C=Nc2sc3c(c2C(=O)Nc2ccccc2)CCCC3)cc(I)c1OCC. The maximum atomic E-state index is 13.3. The van der Waals surface area contributed by atoms with Gasteiger partial charge in [0.25, 0.3) is 5.91 Å². The van der Waals surface area contributed by atoms with E-state index in [0.29, 0.717) is 24.5 Å². The van der Waals surface area contributed by atoms with Crippen LogP contribution in [-0.4, -0.2) is 25.3 Å². The highest BCUT2D eigenvalue weighted by molar-refractivity contribution is 14.1. The van der Waals surface area contributed by atoms with Gasteiger partial charge in [-0.25, -0.2) is 4.99 Å². The van der Waals surface area contributed by atoms with Gasteiger partial charge in [-0.05, 0) is 97.5 Å². The Bertz CT molecular complexity index is 1160. The van der Waals surface area contributed by atoms with Crippen LogP contribution in [0.4, 0.5) is 10.7 Å². The third-order valence-electron chi connectivity index (χ3n) is 5.36. The molecule has 0 spiro atoms. The number of carbonyl (C=O) groups is 1. The number of nitrogens with one attached hydrogen (secondary N) is 1. The number of rotatable bonds is 8. The number of thiophene rings is 1. The quantitative estimate of drug-likeness (QED) is 0.232. The lowest BCUT2D eigenvalue weighted by atomic mass is 9.95. The van der Waals surface area contributed by atoms with Gasteiger partial charge in [0.05, 0.1) is 22.3 Å². The molecule has 33 heavy (non-hydrogen) atoms. The maximum Gasteiger partial charge on any atom is 0.259 e. The van der Waals surface area contributed by atoms with Crippen LogP contribution in [-0.2, 0) is 12.8 Å². The molecule has 0 saturated carbocycles. The molecule has 172 valence electrons. The average Bonchev–Trinajstić information content (AvgIpc) is 3.19. The van der Waals surface area contributed by atoms with Crippen molar-refractivity contribution in [3.8, 4) is 11.5 Å². The molecule has 0 saturated heterocycles. The second-order valence-electron chi connectivity index (χ2n) is 7.67. The summed E-state index contributed by atoms with van der Waals surface area (Å²) in [6.07, 6.45) is 6.01. The van der Waals surface area contributed by atoms with E-state index in [9.17, 15) is 4.79 Å². The molecule has 0 bridgehead atoms. The summed E-state index contributed by atoms with van der Waals surface area (Å²) < 4.78 is 12.5. The first kappa shape index (κ1) is 23.8. The number of hydrogen-bond acceptors (Lipinski definition) is 5. The van der Waals surface area contributed by atoms with Crippen molar-refractivity contribution >= 4 is 56.7 Å². The van der Waals surface area contributed by atoms with E-state index in [0.717, 1.165) is 56.8 Å². The maximum absolute atomic E-state index is 13.3. The minimum atomic E-state index is -0.0935. The van der Waals surface area contributed by atoms with E-state index in [1.807, 2.05) is 62.5 Å². The van der Waals surface area contributed by atoms with Crippen LogP contribution in [0.25, 0.3) is 0 Å². The first-order valence-corrected chi connectivity index (χ1v) is 13.1. The number of anilines is 1. The van der Waals surface area contributed by atoms with Gasteiger partial charge in [0.15, 0.2) is 11.5 Å². The van der Waals surface area contributed by atoms with E-state index in [4.69, 9.17) is 14.5 Å². The van der Waals surface area contributed by atoms with Crippen molar-refractivity contribution in [2.45, 2.75) is 39.5 Å². The Morgan fingerprint density at radius 2 is 1.88 bits per heavy atom. The molecule has 1 N–H and O–H groups in total. The minimum absolute atomic E-state index is 0.0935. The molecule has 0 atom stereocenters. The second kappa shape index (κ2) is 11.2. The Labute approximate surface area is 212 Å². The van der Waals surface area contributed by atoms with Crippen molar-refractivity contribution < 1.29 is 14.3 Å². The van der Waals surface area contributed by atoms with Crippen LogP contribution in [0.2, 0.25) is 0 Å². The fraction of sp³-hybridized carbons (Fsp3) is 0.308. The number of aryl methyl sites for hydroxylation is 1. The topological polar surface area (TPSA) is 59.9 Å². The normalized spacial score (nSPS) is 13.1. The van der Waals surface area contributed by atoms with Gasteiger partial charge in [-0.3, -0.25) is 4.79 Å². The van der Waals surface area contributed by atoms with Crippen LogP contribution in [0, 0.1) is 3.57 Å². The van der Waals surface area contributed by atoms with E-state index >= 15 is 0 Å². The number of carbonyl (C=O) groups excluding carboxylic acids is 1. The fourth-order valence-electron chi connectivity index (χ4n) is 3.93. The lowest BCUT2D eigenvalue weighted by Gasteiger charge is -2.13. The highest BCUT2D eigenvalue weighted by Crippen LogP contribution is 2.40. The molecule has 5 nitrogen and oxygen atoms in total. The number of amides is 1. The van der Waals surface area contributed by atoms with Crippen molar-refractivity contribution in [3.05, 3.63) is 67.6 Å². The molecule has 1 heterocycles. The van der Waals surface area contributed by atoms with Crippen molar-refractivity contribution in [2.75, 3.05) is 18.5 Å². The van der Waals surface area contributed by atoms with Gasteiger partial charge in [0.2, 0.25) is 0 Å². The van der Waals surface area contributed by atoms with Crippen molar-refractivity contribution in [3.63, 3.8) is 0 Å². The fourth-order valence-corrected chi connectivity index (χ4v) is 5.95. The first-order chi connectivity index (χ1) is 16.1. The van der Waals surface area contributed by atoms with E-state index < -0.39 is 0 Å². The summed E-state index contributed by atoms with van der Waals surface area (Å²) in [5, 5.41) is 3.81.